The molecule has 2 rings (SSSR count). The molecule has 0 bridgehead atoms. The van der Waals surface area contributed by atoms with E-state index in [2.05, 4.69) is 41.5 Å². The zero-order valence-corrected chi connectivity index (χ0v) is 12.4. The van der Waals surface area contributed by atoms with Gasteiger partial charge in [0.15, 0.2) is 0 Å². The van der Waals surface area contributed by atoms with Gasteiger partial charge in [-0.15, -0.1) is 0 Å². The Hall–Kier alpha value is -0.860. The fourth-order valence-electron chi connectivity index (χ4n) is 2.50. The number of piperidine rings is 1. The minimum atomic E-state index is 0.771. The molecule has 0 spiro atoms. The summed E-state index contributed by atoms with van der Waals surface area (Å²) in [6, 6.07) is 9.05. The standard InChI is InChI=1S/C14H22N2.C2H6/c1-15-11-12-4-3-5-14(10-12)13-6-8-16(2)9-7-13;1-2/h3-5,10,13,15H,6-9,11H2,1-2H3;1-2H3. The van der Waals surface area contributed by atoms with E-state index in [9.17, 15) is 0 Å². The molecule has 1 aliphatic rings. The first kappa shape index (κ1) is 15.2. The average Bonchev–Trinajstić information content (AvgIpc) is 2.43. The average molecular weight is 248 g/mol. The molecule has 102 valence electrons. The molecule has 0 unspecified atom stereocenters. The maximum Gasteiger partial charge on any atom is 0.0202 e. The van der Waals surface area contributed by atoms with Gasteiger partial charge in [-0.25, -0.2) is 0 Å². The monoisotopic (exact) mass is 248 g/mol. The Balaban J connectivity index is 0.000000771. The molecule has 1 aliphatic heterocycles. The van der Waals surface area contributed by atoms with E-state index >= 15 is 0 Å². The lowest BCUT2D eigenvalue weighted by Crippen LogP contribution is -2.29. The highest BCUT2D eigenvalue weighted by atomic mass is 15.1. The molecular weight excluding hydrogens is 220 g/mol. The molecule has 1 fully saturated rings. The van der Waals surface area contributed by atoms with Gasteiger partial charge >= 0.3 is 0 Å². The summed E-state index contributed by atoms with van der Waals surface area (Å²) in [5.74, 6) is 0.771. The fourth-order valence-corrected chi connectivity index (χ4v) is 2.50. The molecule has 0 saturated carbocycles. The SMILES string of the molecule is CC.CNCc1cccc(C2CCN(C)CC2)c1. The predicted octanol–water partition coefficient (Wildman–Crippen LogP) is 3.24. The van der Waals surface area contributed by atoms with Gasteiger partial charge in [-0.2, -0.15) is 0 Å². The van der Waals surface area contributed by atoms with E-state index in [0.717, 1.165) is 12.5 Å². The lowest BCUT2D eigenvalue weighted by atomic mass is 9.89. The quantitative estimate of drug-likeness (QED) is 0.883. The molecule has 0 radical (unpaired) electrons. The molecule has 18 heavy (non-hydrogen) atoms. The van der Waals surface area contributed by atoms with Gasteiger partial charge in [0.05, 0.1) is 0 Å². The van der Waals surface area contributed by atoms with Crippen molar-refractivity contribution in [2.24, 2.45) is 0 Å². The van der Waals surface area contributed by atoms with Crippen molar-refractivity contribution in [3.63, 3.8) is 0 Å². The van der Waals surface area contributed by atoms with Gasteiger partial charge in [0.1, 0.15) is 0 Å². The van der Waals surface area contributed by atoms with Crippen LogP contribution >= 0.6 is 0 Å². The van der Waals surface area contributed by atoms with Gasteiger partial charge in [0.25, 0.3) is 0 Å². The van der Waals surface area contributed by atoms with Crippen LogP contribution in [-0.2, 0) is 6.54 Å². The van der Waals surface area contributed by atoms with Crippen molar-refractivity contribution >= 4 is 0 Å². The number of hydrogen-bond donors (Lipinski definition) is 1. The Labute approximate surface area is 112 Å². The van der Waals surface area contributed by atoms with Gasteiger partial charge in [0, 0.05) is 6.54 Å². The third-order valence-corrected chi connectivity index (χ3v) is 3.52. The van der Waals surface area contributed by atoms with E-state index < -0.39 is 0 Å². The van der Waals surface area contributed by atoms with Gasteiger partial charge in [0.2, 0.25) is 0 Å². The minimum Gasteiger partial charge on any atom is -0.316 e. The molecule has 0 aliphatic carbocycles. The highest BCUT2D eigenvalue weighted by Gasteiger charge is 2.18. The van der Waals surface area contributed by atoms with Crippen LogP contribution in [-0.4, -0.2) is 32.1 Å². The van der Waals surface area contributed by atoms with Crippen molar-refractivity contribution in [1.82, 2.24) is 10.2 Å². The van der Waals surface area contributed by atoms with E-state index in [1.54, 1.807) is 0 Å². The van der Waals surface area contributed by atoms with Crippen molar-refractivity contribution in [2.45, 2.75) is 39.2 Å². The second-order valence-corrected chi connectivity index (χ2v) is 4.85. The van der Waals surface area contributed by atoms with Crippen LogP contribution in [0.4, 0.5) is 0 Å². The molecule has 0 aromatic heterocycles. The largest absolute Gasteiger partial charge is 0.316 e. The second-order valence-electron chi connectivity index (χ2n) is 4.85. The van der Waals surface area contributed by atoms with E-state index in [1.165, 1.54) is 37.1 Å². The molecule has 2 nitrogen and oxygen atoms in total. The molecule has 2 heteroatoms. The predicted molar refractivity (Wildman–Crippen MR) is 80.0 cm³/mol. The molecule has 0 atom stereocenters. The van der Waals surface area contributed by atoms with Crippen LogP contribution in [0, 0.1) is 0 Å². The molecule has 1 N–H and O–H groups in total. The number of hydrogen-bond acceptors (Lipinski definition) is 2. The first-order valence-corrected chi connectivity index (χ1v) is 7.21. The summed E-state index contributed by atoms with van der Waals surface area (Å²) in [5.41, 5.74) is 2.93. The van der Waals surface area contributed by atoms with Crippen molar-refractivity contribution in [2.75, 3.05) is 27.2 Å². The van der Waals surface area contributed by atoms with Crippen molar-refractivity contribution < 1.29 is 0 Å². The van der Waals surface area contributed by atoms with Gasteiger partial charge in [-0.05, 0) is 57.1 Å². The fraction of sp³-hybridized carbons (Fsp3) is 0.625. The smallest absolute Gasteiger partial charge is 0.0202 e. The van der Waals surface area contributed by atoms with Crippen LogP contribution in [0.25, 0.3) is 0 Å². The van der Waals surface area contributed by atoms with Crippen LogP contribution in [0.5, 0.6) is 0 Å². The maximum atomic E-state index is 3.21. The minimum absolute atomic E-state index is 0.771. The summed E-state index contributed by atoms with van der Waals surface area (Å²) >= 11 is 0. The summed E-state index contributed by atoms with van der Waals surface area (Å²) in [4.78, 5) is 2.42. The van der Waals surface area contributed by atoms with E-state index in [-0.39, 0.29) is 0 Å². The number of nitrogens with one attached hydrogen (secondary N) is 1. The first-order valence-electron chi connectivity index (χ1n) is 7.21. The Morgan fingerprint density at radius 2 is 1.89 bits per heavy atom. The third kappa shape index (κ3) is 4.43. The van der Waals surface area contributed by atoms with Crippen LogP contribution in [0.3, 0.4) is 0 Å². The van der Waals surface area contributed by atoms with E-state index in [4.69, 9.17) is 0 Å². The number of benzene rings is 1. The summed E-state index contributed by atoms with van der Waals surface area (Å²) < 4.78 is 0. The van der Waals surface area contributed by atoms with Crippen molar-refractivity contribution in [3.05, 3.63) is 35.4 Å². The number of rotatable bonds is 3. The van der Waals surface area contributed by atoms with Crippen LogP contribution in [0.2, 0.25) is 0 Å². The zero-order valence-electron chi connectivity index (χ0n) is 12.4. The summed E-state index contributed by atoms with van der Waals surface area (Å²) in [5, 5.41) is 3.21. The summed E-state index contributed by atoms with van der Waals surface area (Å²) in [6.07, 6.45) is 2.61. The molecular formula is C16H28N2. The van der Waals surface area contributed by atoms with Crippen LogP contribution < -0.4 is 5.32 Å². The van der Waals surface area contributed by atoms with Gasteiger partial charge in [-0.1, -0.05) is 38.1 Å². The van der Waals surface area contributed by atoms with E-state index in [0.29, 0.717) is 0 Å². The highest BCUT2D eigenvalue weighted by Crippen LogP contribution is 2.27. The van der Waals surface area contributed by atoms with Crippen LogP contribution in [0.1, 0.15) is 43.7 Å². The van der Waals surface area contributed by atoms with Crippen molar-refractivity contribution in [1.29, 1.82) is 0 Å². The zero-order chi connectivity index (χ0) is 13.4. The molecule has 1 aromatic carbocycles. The highest BCUT2D eigenvalue weighted by molar-refractivity contribution is 5.26. The third-order valence-electron chi connectivity index (χ3n) is 3.52. The first-order chi connectivity index (χ1) is 8.79. The molecule has 1 saturated heterocycles. The van der Waals surface area contributed by atoms with Gasteiger partial charge in [-0.3, -0.25) is 0 Å². The second kappa shape index (κ2) is 8.28. The Morgan fingerprint density at radius 1 is 1.22 bits per heavy atom. The van der Waals surface area contributed by atoms with E-state index in [1.807, 2.05) is 20.9 Å². The lowest BCUT2D eigenvalue weighted by Gasteiger charge is -2.29. The Morgan fingerprint density at radius 3 is 2.50 bits per heavy atom. The van der Waals surface area contributed by atoms with Gasteiger partial charge < -0.3 is 10.2 Å². The molecule has 1 heterocycles. The molecule has 0 amide bonds. The number of nitrogens with zero attached hydrogens (tertiary/aromatic N) is 1. The number of likely N-dealkylation sites (tertiary alicyclic amines) is 1. The summed E-state index contributed by atoms with van der Waals surface area (Å²) in [6.45, 7) is 7.45. The maximum absolute atomic E-state index is 3.21. The summed E-state index contributed by atoms with van der Waals surface area (Å²) in [7, 11) is 4.22. The molecule has 1 aromatic rings. The Bertz CT molecular complexity index is 328. The topological polar surface area (TPSA) is 15.3 Å². The normalized spacial score (nSPS) is 17.1. The Kier molecular flexibility index (Phi) is 6.99. The lowest BCUT2D eigenvalue weighted by molar-refractivity contribution is 0.255. The van der Waals surface area contributed by atoms with Crippen molar-refractivity contribution in [3.8, 4) is 0 Å². The van der Waals surface area contributed by atoms with Crippen LogP contribution in [0.15, 0.2) is 24.3 Å².